The molecule has 0 N–H and O–H groups in total. The Morgan fingerprint density at radius 1 is 0.889 bits per heavy atom. The van der Waals surface area contributed by atoms with Gasteiger partial charge in [-0.3, -0.25) is 4.79 Å². The van der Waals surface area contributed by atoms with E-state index in [0.29, 0.717) is 17.8 Å². The maximum atomic E-state index is 15.0. The minimum absolute atomic E-state index is 0.285. The smallest absolute Gasteiger partial charge is 0.177 e. The Labute approximate surface area is 226 Å². The zero-order valence-electron chi connectivity index (χ0n) is 20.1. The van der Waals surface area contributed by atoms with E-state index in [9.17, 15) is 15.3 Å². The van der Waals surface area contributed by atoms with E-state index in [1.165, 1.54) is 19.3 Å². The molecule has 36 heavy (non-hydrogen) atoms. The van der Waals surface area contributed by atoms with Gasteiger partial charge in [0.15, 0.2) is 11.2 Å². The lowest BCUT2D eigenvalue weighted by Crippen LogP contribution is -2.55. The van der Waals surface area contributed by atoms with Gasteiger partial charge in [0.25, 0.3) is 0 Å². The summed E-state index contributed by atoms with van der Waals surface area (Å²) in [5, 5.41) is 21.6. The summed E-state index contributed by atoms with van der Waals surface area (Å²) < 4.78 is 1.01. The van der Waals surface area contributed by atoms with Gasteiger partial charge in [0.2, 0.25) is 0 Å². The first-order valence-electron chi connectivity index (χ1n) is 13.2. The monoisotopic (exact) mass is 585 g/mol. The van der Waals surface area contributed by atoms with Crippen LogP contribution in [0.1, 0.15) is 67.2 Å². The SMILES string of the molecule is N#CC1(C#N)[C@@H]2c3ccccc3C=CN2[C@@H](C(=O)C23CC4CC(CC(C4)C2)C3)[C@@H]1c1ccccc1I. The van der Waals surface area contributed by atoms with Gasteiger partial charge in [-0.2, -0.15) is 10.5 Å². The number of nitriles is 2. The van der Waals surface area contributed by atoms with Crippen molar-refractivity contribution in [2.75, 3.05) is 0 Å². The molecule has 5 fully saturated rings. The minimum Gasteiger partial charge on any atom is -0.357 e. The number of fused-ring (bicyclic) bond motifs is 3. The number of Topliss-reactive ketones (excluding diaryl/α,β-unsaturated/α-hetero) is 1. The summed E-state index contributed by atoms with van der Waals surface area (Å²) in [6.45, 7) is 0. The summed E-state index contributed by atoms with van der Waals surface area (Å²) in [5.41, 5.74) is 1.27. The molecule has 2 aromatic carbocycles. The molecule has 0 radical (unpaired) electrons. The topological polar surface area (TPSA) is 67.9 Å². The van der Waals surface area contributed by atoms with E-state index >= 15 is 0 Å². The fraction of sp³-hybridized carbons (Fsp3) is 0.452. The Bertz CT molecular complexity index is 1330. The molecule has 4 saturated carbocycles. The molecule has 4 nitrogen and oxygen atoms in total. The molecule has 0 amide bonds. The van der Waals surface area contributed by atoms with Crippen LogP contribution in [0.25, 0.3) is 6.08 Å². The second kappa shape index (κ2) is 7.93. The summed E-state index contributed by atoms with van der Waals surface area (Å²) in [6, 6.07) is 20.1. The number of benzene rings is 2. The van der Waals surface area contributed by atoms with Crippen molar-refractivity contribution in [2.45, 2.75) is 56.5 Å². The second-order valence-corrected chi connectivity index (χ2v) is 13.1. The van der Waals surface area contributed by atoms with Crippen molar-refractivity contribution in [2.24, 2.45) is 28.6 Å². The zero-order valence-corrected chi connectivity index (χ0v) is 22.3. The Morgan fingerprint density at radius 3 is 2.08 bits per heavy atom. The minimum atomic E-state index is -1.37. The third-order valence-corrected chi connectivity index (χ3v) is 11.0. The van der Waals surface area contributed by atoms with Crippen molar-refractivity contribution in [3.63, 3.8) is 0 Å². The highest BCUT2D eigenvalue weighted by Gasteiger charge is 2.67. The maximum Gasteiger partial charge on any atom is 0.177 e. The Balaban J connectivity index is 1.44. The van der Waals surface area contributed by atoms with Crippen LogP contribution in [-0.4, -0.2) is 16.7 Å². The van der Waals surface area contributed by atoms with Gasteiger partial charge in [-0.1, -0.05) is 42.5 Å². The third kappa shape index (κ3) is 2.93. The summed E-state index contributed by atoms with van der Waals surface area (Å²) in [6.07, 6.45) is 10.8. The van der Waals surface area contributed by atoms with E-state index in [2.05, 4.69) is 45.7 Å². The van der Waals surface area contributed by atoms with Crippen molar-refractivity contribution < 1.29 is 4.79 Å². The van der Waals surface area contributed by atoms with Crippen LogP contribution in [0.3, 0.4) is 0 Å². The normalized spacial score (nSPS) is 36.6. The average Bonchev–Trinajstić information content (AvgIpc) is 3.18. The first kappa shape index (κ1) is 22.5. The zero-order chi connectivity index (χ0) is 24.7. The van der Waals surface area contributed by atoms with E-state index in [4.69, 9.17) is 0 Å². The number of carbonyl (C=O) groups excluding carboxylic acids is 1. The number of halogens is 1. The van der Waals surface area contributed by atoms with Gasteiger partial charge in [0, 0.05) is 21.1 Å². The van der Waals surface area contributed by atoms with Crippen molar-refractivity contribution in [3.8, 4) is 12.1 Å². The second-order valence-electron chi connectivity index (χ2n) is 11.9. The highest BCUT2D eigenvalue weighted by Crippen LogP contribution is 2.65. The molecule has 2 heterocycles. The molecule has 5 heteroatoms. The lowest BCUT2D eigenvalue weighted by Gasteiger charge is -2.57. The molecule has 3 atom stereocenters. The summed E-state index contributed by atoms with van der Waals surface area (Å²) >= 11 is 2.31. The number of hydrogen-bond donors (Lipinski definition) is 0. The van der Waals surface area contributed by atoms with Gasteiger partial charge in [0.05, 0.1) is 24.2 Å². The van der Waals surface area contributed by atoms with Crippen LogP contribution in [0.4, 0.5) is 0 Å². The highest BCUT2D eigenvalue weighted by atomic mass is 127. The van der Waals surface area contributed by atoms with E-state index in [1.54, 1.807) is 0 Å². The molecule has 2 aliphatic heterocycles. The molecule has 180 valence electrons. The largest absolute Gasteiger partial charge is 0.357 e. The molecule has 1 saturated heterocycles. The lowest BCUT2D eigenvalue weighted by molar-refractivity contribution is -0.148. The van der Waals surface area contributed by atoms with Crippen LogP contribution >= 0.6 is 22.6 Å². The Kier molecular flexibility index (Phi) is 4.97. The van der Waals surface area contributed by atoms with Crippen LogP contribution in [0.2, 0.25) is 0 Å². The van der Waals surface area contributed by atoms with E-state index in [1.807, 2.05) is 54.7 Å². The standard InChI is InChI=1S/C31H28IN3O/c32-25-8-4-3-7-24(25)26-27(29(36)30-14-19-11-20(15-30)13-21(12-19)16-30)35-10-9-22-5-1-2-6-23(22)28(35)31(26,17-33)18-34/h1-10,19-21,26-28H,11-16H2/t19?,20?,21?,26-,27+,28-,30?/m0/s1. The number of nitrogens with zero attached hydrogens (tertiary/aromatic N) is 3. The van der Waals surface area contributed by atoms with Gasteiger partial charge in [0.1, 0.15) is 0 Å². The molecule has 0 spiro atoms. The van der Waals surface area contributed by atoms with E-state index < -0.39 is 23.4 Å². The van der Waals surface area contributed by atoms with Crippen LogP contribution < -0.4 is 0 Å². The van der Waals surface area contributed by atoms with Crippen LogP contribution in [0.15, 0.2) is 54.7 Å². The number of rotatable bonds is 3. The highest BCUT2D eigenvalue weighted by molar-refractivity contribution is 14.1. The molecule has 6 aliphatic rings. The van der Waals surface area contributed by atoms with Crippen molar-refractivity contribution in [3.05, 3.63) is 75.0 Å². The van der Waals surface area contributed by atoms with Crippen LogP contribution in [-0.2, 0) is 4.79 Å². The Morgan fingerprint density at radius 2 is 1.47 bits per heavy atom. The molecular formula is C31H28IN3O. The predicted molar refractivity (Wildman–Crippen MR) is 145 cm³/mol. The van der Waals surface area contributed by atoms with Crippen molar-refractivity contribution in [1.82, 2.24) is 4.90 Å². The average molecular weight is 585 g/mol. The molecule has 0 unspecified atom stereocenters. The number of hydrogen-bond acceptors (Lipinski definition) is 4. The van der Waals surface area contributed by atoms with Gasteiger partial charge >= 0.3 is 0 Å². The van der Waals surface area contributed by atoms with Crippen LogP contribution in [0, 0.1) is 54.8 Å². The summed E-state index contributed by atoms with van der Waals surface area (Å²) in [4.78, 5) is 17.1. The van der Waals surface area contributed by atoms with E-state index in [0.717, 1.165) is 39.5 Å². The molecule has 4 bridgehead atoms. The fourth-order valence-corrected chi connectivity index (χ4v) is 9.81. The third-order valence-electron chi connectivity index (χ3n) is 10.0. The van der Waals surface area contributed by atoms with Crippen molar-refractivity contribution >= 4 is 34.5 Å². The van der Waals surface area contributed by atoms with Gasteiger partial charge in [-0.05, 0) is 108 Å². The summed E-state index contributed by atoms with van der Waals surface area (Å²) in [7, 11) is 0. The fourth-order valence-electron chi connectivity index (χ4n) is 9.09. The number of ketones is 1. The first-order valence-corrected chi connectivity index (χ1v) is 14.2. The Hall–Kier alpha value is -2.64. The molecule has 8 rings (SSSR count). The van der Waals surface area contributed by atoms with Gasteiger partial charge < -0.3 is 4.90 Å². The predicted octanol–water partition coefficient (Wildman–Crippen LogP) is 6.60. The van der Waals surface area contributed by atoms with E-state index in [-0.39, 0.29) is 11.2 Å². The molecular weight excluding hydrogens is 557 g/mol. The van der Waals surface area contributed by atoms with Gasteiger partial charge in [-0.25, -0.2) is 0 Å². The lowest BCUT2D eigenvalue weighted by atomic mass is 9.47. The number of carbonyl (C=O) groups is 1. The van der Waals surface area contributed by atoms with Crippen molar-refractivity contribution in [1.29, 1.82) is 10.5 Å². The van der Waals surface area contributed by atoms with Crippen LogP contribution in [0.5, 0.6) is 0 Å². The first-order chi connectivity index (χ1) is 17.5. The maximum absolute atomic E-state index is 15.0. The molecule has 0 aromatic heterocycles. The quantitative estimate of drug-likeness (QED) is 0.381. The molecule has 2 aromatic rings. The molecule has 4 aliphatic carbocycles. The van der Waals surface area contributed by atoms with Gasteiger partial charge in [-0.15, -0.1) is 0 Å². The summed E-state index contributed by atoms with van der Waals surface area (Å²) in [5.74, 6) is 1.74.